The van der Waals surface area contributed by atoms with Crippen LogP contribution in [0.3, 0.4) is 0 Å². The van der Waals surface area contributed by atoms with Gasteiger partial charge in [-0.05, 0) is 108 Å². The molecule has 2 amide bonds. The van der Waals surface area contributed by atoms with Crippen molar-refractivity contribution in [2.24, 2.45) is 0 Å². The van der Waals surface area contributed by atoms with Crippen LogP contribution in [0, 0.1) is 10.5 Å². The highest BCUT2D eigenvalue weighted by Gasteiger charge is 2.35. The lowest BCUT2D eigenvalue weighted by molar-refractivity contribution is -0.123. The number of ether oxygens (including phenoxy) is 2. The highest BCUT2D eigenvalue weighted by atomic mass is 127. The topological polar surface area (TPSA) is 99.2 Å². The van der Waals surface area contributed by atoms with Crippen LogP contribution in [0.4, 0.5) is 4.79 Å². The van der Waals surface area contributed by atoms with Crippen molar-refractivity contribution in [3.8, 4) is 17.2 Å². The molecule has 1 aliphatic heterocycles. The molecular formula is C27H23ClINO7S2. The minimum absolute atomic E-state index is 0.0194. The Balaban J connectivity index is 1.52. The summed E-state index contributed by atoms with van der Waals surface area (Å²) in [5.74, 6) is 0.419. The van der Waals surface area contributed by atoms with E-state index in [1.807, 2.05) is 53.8 Å². The Labute approximate surface area is 249 Å². The Hall–Kier alpha value is -2.74. The first-order chi connectivity index (χ1) is 18.6. The molecule has 4 rings (SSSR count). The van der Waals surface area contributed by atoms with Crippen molar-refractivity contribution in [2.75, 3.05) is 19.8 Å². The van der Waals surface area contributed by atoms with Crippen LogP contribution < -0.4 is 13.7 Å². The lowest BCUT2D eigenvalue weighted by Crippen LogP contribution is -2.32. The van der Waals surface area contributed by atoms with E-state index in [0.717, 1.165) is 22.2 Å². The third-order valence-corrected chi connectivity index (χ3v) is 8.60. The fraction of sp³-hybridized carbons (Fsp3) is 0.185. The van der Waals surface area contributed by atoms with Gasteiger partial charge in [-0.2, -0.15) is 8.42 Å². The zero-order valence-electron chi connectivity index (χ0n) is 20.8. The number of carbonyl (C=O) groups excluding carboxylic acids is 2. The van der Waals surface area contributed by atoms with E-state index in [0.29, 0.717) is 19.9 Å². The predicted molar refractivity (Wildman–Crippen MR) is 159 cm³/mol. The zero-order valence-corrected chi connectivity index (χ0v) is 25.4. The Morgan fingerprint density at radius 3 is 2.38 bits per heavy atom. The molecule has 0 aliphatic carbocycles. The molecule has 8 nitrogen and oxygen atoms in total. The Kier molecular flexibility index (Phi) is 9.47. The second kappa shape index (κ2) is 12.6. The number of imide groups is 1. The Morgan fingerprint density at radius 1 is 1.03 bits per heavy atom. The third-order valence-electron chi connectivity index (χ3n) is 5.40. The molecule has 0 unspecified atom stereocenters. The van der Waals surface area contributed by atoms with Gasteiger partial charge in [-0.25, -0.2) is 0 Å². The molecule has 0 atom stereocenters. The maximum absolute atomic E-state index is 13.0. The van der Waals surface area contributed by atoms with E-state index in [9.17, 15) is 18.0 Å². The summed E-state index contributed by atoms with van der Waals surface area (Å²) in [5, 5.41) is -0.00130. The summed E-state index contributed by atoms with van der Waals surface area (Å²) in [6, 6.07) is 16.3. The first-order valence-corrected chi connectivity index (χ1v) is 15.4. The summed E-state index contributed by atoms with van der Waals surface area (Å²) in [5.41, 5.74) is 1.64. The molecule has 0 spiro atoms. The van der Waals surface area contributed by atoms with E-state index in [1.54, 1.807) is 25.1 Å². The second-order valence-electron chi connectivity index (χ2n) is 8.25. The van der Waals surface area contributed by atoms with Crippen LogP contribution in [-0.2, 0) is 14.9 Å². The SMILES string of the molecule is CCOc1cc(/C=C2\SC(=O)N(CCOc3ccc(C)cc3)C2=O)cc(I)c1OS(=O)(=O)c1ccc(Cl)cc1. The zero-order chi connectivity index (χ0) is 28.2. The maximum Gasteiger partial charge on any atom is 0.339 e. The van der Waals surface area contributed by atoms with Crippen LogP contribution in [0.25, 0.3) is 6.08 Å². The molecule has 0 saturated carbocycles. The summed E-state index contributed by atoms with van der Waals surface area (Å²) in [4.78, 5) is 26.8. The van der Waals surface area contributed by atoms with E-state index in [1.165, 1.54) is 24.3 Å². The average Bonchev–Trinajstić information content (AvgIpc) is 3.15. The smallest absolute Gasteiger partial charge is 0.339 e. The summed E-state index contributed by atoms with van der Waals surface area (Å²) in [6.45, 7) is 4.23. The number of amides is 2. The monoisotopic (exact) mass is 699 g/mol. The first kappa shape index (κ1) is 29.2. The average molecular weight is 700 g/mol. The molecule has 204 valence electrons. The number of hydrogen-bond acceptors (Lipinski definition) is 8. The van der Waals surface area contributed by atoms with Gasteiger partial charge in [0.2, 0.25) is 0 Å². The van der Waals surface area contributed by atoms with Crippen LogP contribution >= 0.6 is 46.0 Å². The molecule has 1 heterocycles. The van der Waals surface area contributed by atoms with Crippen LogP contribution in [0.1, 0.15) is 18.1 Å². The largest absolute Gasteiger partial charge is 0.492 e. The Morgan fingerprint density at radius 2 is 1.72 bits per heavy atom. The lowest BCUT2D eigenvalue weighted by Gasteiger charge is -2.15. The van der Waals surface area contributed by atoms with E-state index in [-0.39, 0.29) is 41.1 Å². The summed E-state index contributed by atoms with van der Waals surface area (Å²) in [6.07, 6.45) is 1.56. The van der Waals surface area contributed by atoms with Crippen LogP contribution in [0.5, 0.6) is 17.2 Å². The molecule has 0 radical (unpaired) electrons. The van der Waals surface area contributed by atoms with Crippen molar-refractivity contribution in [3.63, 3.8) is 0 Å². The van der Waals surface area contributed by atoms with Crippen molar-refractivity contribution in [1.29, 1.82) is 0 Å². The van der Waals surface area contributed by atoms with Crippen LogP contribution in [0.2, 0.25) is 5.02 Å². The summed E-state index contributed by atoms with van der Waals surface area (Å²) < 4.78 is 42.9. The number of nitrogens with zero attached hydrogens (tertiary/aromatic N) is 1. The minimum atomic E-state index is -4.16. The number of halogens is 2. The quantitative estimate of drug-likeness (QED) is 0.134. The van der Waals surface area contributed by atoms with Gasteiger partial charge in [0.05, 0.1) is 21.6 Å². The fourth-order valence-electron chi connectivity index (χ4n) is 3.51. The van der Waals surface area contributed by atoms with Gasteiger partial charge >= 0.3 is 10.1 Å². The van der Waals surface area contributed by atoms with E-state index in [2.05, 4.69) is 0 Å². The first-order valence-electron chi connectivity index (χ1n) is 11.7. The Bertz CT molecular complexity index is 1520. The standard InChI is InChI=1S/C27H23ClINO7S2/c1-3-35-23-15-18(14-22(29)25(23)37-39(33,34)21-10-6-19(28)7-11-21)16-24-26(31)30(27(32)38-24)12-13-36-20-8-4-17(2)5-9-20/h4-11,14-16H,3,12-13H2,1-2H3/b24-16-. The van der Waals surface area contributed by atoms with Crippen LogP contribution in [-0.4, -0.2) is 44.2 Å². The van der Waals surface area contributed by atoms with Crippen molar-refractivity contribution < 1.29 is 31.7 Å². The van der Waals surface area contributed by atoms with Gasteiger partial charge in [-0.1, -0.05) is 29.3 Å². The van der Waals surface area contributed by atoms with Crippen molar-refractivity contribution >= 4 is 73.3 Å². The number of aryl methyl sites for hydroxylation is 1. The number of benzene rings is 3. The molecule has 3 aromatic rings. The molecular weight excluding hydrogens is 677 g/mol. The van der Waals surface area contributed by atoms with Crippen molar-refractivity contribution in [1.82, 2.24) is 4.90 Å². The molecule has 0 bridgehead atoms. The third kappa shape index (κ3) is 7.27. The molecule has 1 fully saturated rings. The maximum atomic E-state index is 13.0. The van der Waals surface area contributed by atoms with E-state index < -0.39 is 21.3 Å². The molecule has 12 heteroatoms. The van der Waals surface area contributed by atoms with E-state index in [4.69, 9.17) is 25.3 Å². The van der Waals surface area contributed by atoms with Crippen molar-refractivity contribution in [2.45, 2.75) is 18.7 Å². The summed E-state index contributed by atoms with van der Waals surface area (Å²) >= 11 is 8.63. The number of thioether (sulfide) groups is 1. The predicted octanol–water partition coefficient (Wildman–Crippen LogP) is 6.53. The van der Waals surface area contributed by atoms with Gasteiger partial charge in [0, 0.05) is 5.02 Å². The van der Waals surface area contributed by atoms with Gasteiger partial charge in [-0.15, -0.1) is 0 Å². The molecule has 3 aromatic carbocycles. The van der Waals surface area contributed by atoms with Gasteiger partial charge in [-0.3, -0.25) is 14.5 Å². The molecule has 1 saturated heterocycles. The highest BCUT2D eigenvalue weighted by Crippen LogP contribution is 2.39. The fourth-order valence-corrected chi connectivity index (χ4v) is 6.34. The molecule has 39 heavy (non-hydrogen) atoms. The van der Waals surface area contributed by atoms with Gasteiger partial charge in [0.1, 0.15) is 17.3 Å². The van der Waals surface area contributed by atoms with E-state index >= 15 is 0 Å². The number of hydrogen-bond donors (Lipinski definition) is 0. The number of rotatable bonds is 10. The molecule has 1 aliphatic rings. The van der Waals surface area contributed by atoms with Crippen molar-refractivity contribution in [3.05, 3.63) is 85.3 Å². The van der Waals surface area contributed by atoms with Crippen LogP contribution in [0.15, 0.2) is 70.5 Å². The molecule has 0 N–H and O–H groups in total. The van der Waals surface area contributed by atoms with Gasteiger partial charge in [0.15, 0.2) is 11.5 Å². The highest BCUT2D eigenvalue weighted by molar-refractivity contribution is 14.1. The normalized spacial score (nSPS) is 14.7. The van der Waals surface area contributed by atoms with Gasteiger partial charge < -0.3 is 13.7 Å². The number of carbonyl (C=O) groups is 2. The summed E-state index contributed by atoms with van der Waals surface area (Å²) in [7, 11) is -4.16. The minimum Gasteiger partial charge on any atom is -0.492 e. The lowest BCUT2D eigenvalue weighted by atomic mass is 10.2. The second-order valence-corrected chi connectivity index (χ2v) is 12.4. The van der Waals surface area contributed by atoms with Gasteiger partial charge in [0.25, 0.3) is 11.1 Å². The molecule has 0 aromatic heterocycles.